The van der Waals surface area contributed by atoms with Crippen molar-refractivity contribution in [2.75, 3.05) is 18.0 Å². The first kappa shape index (κ1) is 15.8. The highest BCUT2D eigenvalue weighted by Gasteiger charge is 2.22. The Kier molecular flexibility index (Phi) is 3.99. The van der Waals surface area contributed by atoms with Gasteiger partial charge in [-0.05, 0) is 32.6 Å². The molecule has 7 nitrogen and oxygen atoms in total. The number of anilines is 1. The normalized spacial score (nSPS) is 15.8. The van der Waals surface area contributed by atoms with Crippen LogP contribution in [0.3, 0.4) is 0 Å². The van der Waals surface area contributed by atoms with E-state index in [1.165, 1.54) is 6.07 Å². The zero-order chi connectivity index (χ0) is 17.4. The van der Waals surface area contributed by atoms with Crippen molar-refractivity contribution in [3.05, 3.63) is 52.5 Å². The van der Waals surface area contributed by atoms with Crippen LogP contribution in [0.15, 0.2) is 35.5 Å². The average Bonchev–Trinajstić information content (AvgIpc) is 2.97. The summed E-state index contributed by atoms with van der Waals surface area (Å²) in [7, 11) is 0. The molecule has 0 saturated carbocycles. The molecule has 4 rings (SSSR count). The second kappa shape index (κ2) is 6.31. The number of rotatable bonds is 3. The van der Waals surface area contributed by atoms with E-state index in [2.05, 4.69) is 26.0 Å². The van der Waals surface area contributed by atoms with Crippen molar-refractivity contribution in [3.8, 4) is 0 Å². The average molecular weight is 338 g/mol. The molecule has 1 aliphatic rings. The number of aryl methyl sites for hydroxylation is 2. The SMILES string of the molecule is Cc1cc(N2CCC(Cn3cnccc3=O)CC2)n2nc(C)cc2n1. The van der Waals surface area contributed by atoms with Crippen LogP contribution < -0.4 is 10.5 Å². The molecule has 0 bridgehead atoms. The van der Waals surface area contributed by atoms with Crippen LogP contribution in [0.2, 0.25) is 0 Å². The predicted octanol–water partition coefficient (Wildman–Crippen LogP) is 1.82. The molecule has 0 unspecified atom stereocenters. The van der Waals surface area contributed by atoms with E-state index in [1.807, 2.05) is 24.4 Å². The van der Waals surface area contributed by atoms with Gasteiger partial charge in [-0.15, -0.1) is 0 Å². The van der Waals surface area contributed by atoms with Gasteiger partial charge in [0, 0.05) is 49.7 Å². The molecule has 3 aromatic heterocycles. The van der Waals surface area contributed by atoms with Gasteiger partial charge in [0.2, 0.25) is 0 Å². The second-order valence-electron chi connectivity index (χ2n) is 6.81. The maximum absolute atomic E-state index is 11.9. The summed E-state index contributed by atoms with van der Waals surface area (Å²) < 4.78 is 3.65. The van der Waals surface area contributed by atoms with Gasteiger partial charge in [-0.25, -0.2) is 9.97 Å². The summed E-state index contributed by atoms with van der Waals surface area (Å²) in [6.45, 7) is 6.67. The van der Waals surface area contributed by atoms with E-state index < -0.39 is 0 Å². The lowest BCUT2D eigenvalue weighted by Gasteiger charge is -2.33. The molecular weight excluding hydrogens is 316 g/mol. The van der Waals surface area contributed by atoms with E-state index in [0.29, 0.717) is 5.92 Å². The number of fused-ring (bicyclic) bond motifs is 1. The van der Waals surface area contributed by atoms with Crippen LogP contribution in [0.4, 0.5) is 5.82 Å². The molecular formula is C18H22N6O. The van der Waals surface area contributed by atoms with Crippen LogP contribution in [0.1, 0.15) is 24.2 Å². The summed E-state index contributed by atoms with van der Waals surface area (Å²) in [5.74, 6) is 1.60. The molecule has 0 radical (unpaired) electrons. The lowest BCUT2D eigenvalue weighted by molar-refractivity contribution is 0.349. The van der Waals surface area contributed by atoms with E-state index in [-0.39, 0.29) is 5.56 Å². The van der Waals surface area contributed by atoms with Crippen LogP contribution >= 0.6 is 0 Å². The highest BCUT2D eigenvalue weighted by Crippen LogP contribution is 2.25. The third-order valence-corrected chi connectivity index (χ3v) is 4.84. The molecule has 1 aliphatic heterocycles. The minimum Gasteiger partial charge on any atom is -0.356 e. The number of piperidine rings is 1. The first-order valence-corrected chi connectivity index (χ1v) is 8.69. The van der Waals surface area contributed by atoms with Gasteiger partial charge in [0.15, 0.2) is 5.65 Å². The molecule has 25 heavy (non-hydrogen) atoms. The fourth-order valence-electron chi connectivity index (χ4n) is 3.56. The Bertz CT molecular complexity index is 952. The van der Waals surface area contributed by atoms with Gasteiger partial charge in [0.1, 0.15) is 5.82 Å². The van der Waals surface area contributed by atoms with Crippen LogP contribution in [0.25, 0.3) is 5.65 Å². The molecule has 0 atom stereocenters. The van der Waals surface area contributed by atoms with Crippen molar-refractivity contribution in [2.24, 2.45) is 5.92 Å². The summed E-state index contributed by atoms with van der Waals surface area (Å²) in [4.78, 5) is 22.8. The van der Waals surface area contributed by atoms with E-state index in [1.54, 1.807) is 17.1 Å². The maximum Gasteiger partial charge on any atom is 0.253 e. The van der Waals surface area contributed by atoms with Crippen LogP contribution in [-0.4, -0.2) is 37.2 Å². The monoisotopic (exact) mass is 338 g/mol. The summed E-state index contributed by atoms with van der Waals surface area (Å²) in [5.41, 5.74) is 2.91. The Morgan fingerprint density at radius 1 is 1.16 bits per heavy atom. The third-order valence-electron chi connectivity index (χ3n) is 4.84. The van der Waals surface area contributed by atoms with E-state index >= 15 is 0 Å². The van der Waals surface area contributed by atoms with Gasteiger partial charge >= 0.3 is 0 Å². The topological polar surface area (TPSA) is 68.3 Å². The van der Waals surface area contributed by atoms with E-state index in [4.69, 9.17) is 0 Å². The van der Waals surface area contributed by atoms with Crippen LogP contribution in [0, 0.1) is 19.8 Å². The number of hydrogen-bond acceptors (Lipinski definition) is 5. The van der Waals surface area contributed by atoms with Crippen LogP contribution in [0.5, 0.6) is 0 Å². The molecule has 7 heteroatoms. The summed E-state index contributed by atoms with van der Waals surface area (Å²) in [6.07, 6.45) is 5.27. The Morgan fingerprint density at radius 3 is 2.72 bits per heavy atom. The van der Waals surface area contributed by atoms with Crippen molar-refractivity contribution in [1.82, 2.24) is 24.1 Å². The van der Waals surface area contributed by atoms with Crippen molar-refractivity contribution < 1.29 is 0 Å². The quantitative estimate of drug-likeness (QED) is 0.729. The summed E-state index contributed by atoms with van der Waals surface area (Å²) in [5, 5.41) is 4.59. The first-order chi connectivity index (χ1) is 12.1. The van der Waals surface area contributed by atoms with E-state index in [0.717, 1.165) is 55.3 Å². The van der Waals surface area contributed by atoms with E-state index in [9.17, 15) is 4.79 Å². The molecule has 0 aromatic carbocycles. The van der Waals surface area contributed by atoms with Gasteiger partial charge in [-0.1, -0.05) is 0 Å². The fraction of sp³-hybridized carbons (Fsp3) is 0.444. The number of nitrogens with zero attached hydrogens (tertiary/aromatic N) is 6. The second-order valence-corrected chi connectivity index (χ2v) is 6.81. The van der Waals surface area contributed by atoms with Gasteiger partial charge in [-0.2, -0.15) is 9.61 Å². The fourth-order valence-corrected chi connectivity index (χ4v) is 3.56. The molecule has 1 saturated heterocycles. The predicted molar refractivity (Wildman–Crippen MR) is 95.9 cm³/mol. The molecule has 0 aliphatic carbocycles. The number of aromatic nitrogens is 5. The molecule has 0 N–H and O–H groups in total. The van der Waals surface area contributed by atoms with Crippen LogP contribution in [-0.2, 0) is 6.54 Å². The zero-order valence-electron chi connectivity index (χ0n) is 14.6. The molecule has 0 spiro atoms. The number of hydrogen-bond donors (Lipinski definition) is 0. The molecule has 130 valence electrons. The highest BCUT2D eigenvalue weighted by molar-refractivity contribution is 5.52. The van der Waals surface area contributed by atoms with Crippen molar-refractivity contribution in [2.45, 2.75) is 33.2 Å². The largest absolute Gasteiger partial charge is 0.356 e. The molecule has 3 aromatic rings. The maximum atomic E-state index is 11.9. The zero-order valence-corrected chi connectivity index (χ0v) is 14.6. The first-order valence-electron chi connectivity index (χ1n) is 8.69. The summed E-state index contributed by atoms with van der Waals surface area (Å²) in [6, 6.07) is 5.63. The molecule has 0 amide bonds. The lowest BCUT2D eigenvalue weighted by atomic mass is 9.96. The molecule has 4 heterocycles. The standard InChI is InChI=1S/C18H22N6O/c1-13-10-17(24-16(20-13)9-14(2)21-24)22-7-4-15(5-8-22)11-23-12-19-6-3-18(23)25/h3,6,9-10,12,15H,4-5,7-8,11H2,1-2H3. The minimum atomic E-state index is 0.0240. The third kappa shape index (κ3) is 3.14. The van der Waals surface area contributed by atoms with Gasteiger partial charge in [-0.3, -0.25) is 9.36 Å². The smallest absolute Gasteiger partial charge is 0.253 e. The minimum absolute atomic E-state index is 0.0240. The van der Waals surface area contributed by atoms with Crippen molar-refractivity contribution >= 4 is 11.5 Å². The Hall–Kier alpha value is -2.70. The van der Waals surface area contributed by atoms with Gasteiger partial charge in [0.05, 0.1) is 12.0 Å². The lowest BCUT2D eigenvalue weighted by Crippen LogP contribution is -2.37. The van der Waals surface area contributed by atoms with Gasteiger partial charge < -0.3 is 4.90 Å². The van der Waals surface area contributed by atoms with Gasteiger partial charge in [0.25, 0.3) is 5.56 Å². The highest BCUT2D eigenvalue weighted by atomic mass is 16.1. The van der Waals surface area contributed by atoms with Crippen molar-refractivity contribution in [1.29, 1.82) is 0 Å². The Balaban J connectivity index is 1.51. The Labute approximate surface area is 145 Å². The summed E-state index contributed by atoms with van der Waals surface area (Å²) >= 11 is 0. The Morgan fingerprint density at radius 2 is 1.96 bits per heavy atom. The molecule has 1 fully saturated rings. The van der Waals surface area contributed by atoms with Crippen molar-refractivity contribution in [3.63, 3.8) is 0 Å².